The molecule has 0 spiro atoms. The molecule has 0 saturated heterocycles. The van der Waals surface area contributed by atoms with Gasteiger partial charge in [-0.25, -0.2) is 0 Å². The summed E-state index contributed by atoms with van der Waals surface area (Å²) in [6, 6.07) is 0. The molecule has 0 radical (unpaired) electrons. The summed E-state index contributed by atoms with van der Waals surface area (Å²) in [4.78, 5) is 8.33. The van der Waals surface area contributed by atoms with E-state index in [4.69, 9.17) is 15.0 Å². The number of hydrogen-bond acceptors (Lipinski definition) is 5. The fourth-order valence-corrected chi connectivity index (χ4v) is 0. The Kier molecular flexibility index (Phi) is 688. The van der Waals surface area contributed by atoms with E-state index in [1.165, 1.54) is 0 Å². The van der Waals surface area contributed by atoms with Gasteiger partial charge in [0.05, 0.1) is 0 Å². The molecule has 0 aliphatic heterocycles. The fraction of sp³-hybridized carbons (Fsp3) is 0. The fourth-order valence-electron chi connectivity index (χ4n) is 0. The summed E-state index contributed by atoms with van der Waals surface area (Å²) in [5.41, 5.74) is 0. The van der Waals surface area contributed by atoms with Gasteiger partial charge in [0.1, 0.15) is 0 Å². The second-order valence-corrected chi connectivity index (χ2v) is 0.250. The Bertz CT molecular complexity index is 35.1. The largest absolute Gasteiger partial charge is 2.00 e. The molecule has 0 aliphatic rings. The minimum Gasteiger partial charge on any atom is -0.870 e. The van der Waals surface area contributed by atoms with Crippen molar-refractivity contribution in [1.29, 1.82) is 0 Å². The van der Waals surface area contributed by atoms with Crippen LogP contribution in [0.15, 0.2) is 0 Å². The molecule has 0 aromatic rings. The summed E-state index contributed by atoms with van der Waals surface area (Å²) >= 11 is 0. The van der Waals surface area contributed by atoms with Crippen LogP contribution in [0.1, 0.15) is 0 Å². The van der Waals surface area contributed by atoms with Crippen molar-refractivity contribution in [3.8, 4) is 0 Å². The zero-order chi connectivity index (χ0) is 3.58. The molecule has 0 aromatic heterocycles. The van der Waals surface area contributed by atoms with Crippen LogP contribution >= 0.6 is 0 Å². The average Bonchev–Trinajstić information content (AvgIpc) is 0.811. The molecule has 0 fully saturated rings. The average molecular weight is 197 g/mol. The Morgan fingerprint density at radius 1 is 0.818 bits per heavy atom. The monoisotopic (exact) mass is 196 g/mol. The predicted octanol–water partition coefficient (Wildman–Crippen LogP) is -6.04. The molecule has 0 atom stereocenters. The van der Waals surface area contributed by atoms with E-state index in [0.29, 0.717) is 0 Å². The summed E-state index contributed by atoms with van der Waals surface area (Å²) in [5, 5.41) is 16.7. The van der Waals surface area contributed by atoms with Crippen LogP contribution in [0.25, 0.3) is 0 Å². The van der Waals surface area contributed by atoms with E-state index in [2.05, 4.69) is 0 Å². The van der Waals surface area contributed by atoms with Crippen molar-refractivity contribution in [2.45, 2.75) is 0 Å². The van der Waals surface area contributed by atoms with Crippen LogP contribution in [0.2, 0.25) is 0 Å². The maximum absolute atomic E-state index is 8.33. The van der Waals surface area contributed by atoms with Crippen LogP contribution in [-0.4, -0.2) is 79.6 Å². The summed E-state index contributed by atoms with van der Waals surface area (Å²) in [5.74, 6) is 0. The second-order valence-electron chi connectivity index (χ2n) is 0.250. The number of carboxylic acid groups (broad SMARTS) is 2. The van der Waals surface area contributed by atoms with E-state index in [9.17, 15) is 0 Å². The normalized spacial score (nSPS) is 2.18. The second kappa shape index (κ2) is 75.3. The Labute approximate surface area is 94.4 Å². The van der Waals surface area contributed by atoms with Gasteiger partial charge in [-0.05, 0) is 6.16 Å². The molecule has 0 aliphatic carbocycles. The van der Waals surface area contributed by atoms with Crippen molar-refractivity contribution in [3.05, 3.63) is 0 Å². The van der Waals surface area contributed by atoms with Gasteiger partial charge in [-0.15, -0.1) is 0 Å². The Morgan fingerprint density at radius 3 is 0.818 bits per heavy atom. The molecule has 0 saturated carbocycles. The molecule has 0 rings (SSSR count). The van der Waals surface area contributed by atoms with E-state index >= 15 is 0 Å². The third-order valence-corrected chi connectivity index (χ3v) is 0. The van der Waals surface area contributed by atoms with Crippen LogP contribution in [0.5, 0.6) is 0 Å². The third-order valence-electron chi connectivity index (χ3n) is 0. The zero-order valence-electron chi connectivity index (χ0n) is 5.53. The van der Waals surface area contributed by atoms with E-state index in [1.54, 1.807) is 0 Å². The summed E-state index contributed by atoms with van der Waals surface area (Å²) in [7, 11) is 0. The van der Waals surface area contributed by atoms with Gasteiger partial charge in [0, 0.05) is 0 Å². The molecule has 11 heavy (non-hydrogen) atoms. The number of carbonyl (C=O) groups is 1. The zero-order valence-corrected chi connectivity index (χ0v) is 8.36. The Hall–Kier alpha value is 0.602. The van der Waals surface area contributed by atoms with Crippen molar-refractivity contribution >= 4 is 52.3 Å². The van der Waals surface area contributed by atoms with Gasteiger partial charge in [0.25, 0.3) is 0 Å². The molecule has 8 nitrogen and oxygen atoms in total. The van der Waals surface area contributed by atoms with Gasteiger partial charge in [-0.3, -0.25) is 0 Å². The first-order chi connectivity index (χ1) is 1.73. The van der Waals surface area contributed by atoms with E-state index in [-0.39, 0.29) is 73.5 Å². The smallest absolute Gasteiger partial charge is 0.870 e. The molecule has 0 amide bonds. The standard InChI is InChI=1S/CH2O3.2Mg.5H2O/c2-1(3)4;;;;;;;/h(H2,2,3,4);;;5*1H2/q;2*+2;;;;;/p-4. The van der Waals surface area contributed by atoms with Gasteiger partial charge >= 0.3 is 46.1 Å². The first-order valence-electron chi connectivity index (χ1n) is 0.612. The minimum absolute atomic E-state index is 0. The number of hydrogen-bond donors (Lipinski definition) is 0. The van der Waals surface area contributed by atoms with Crippen molar-refractivity contribution in [1.82, 2.24) is 0 Å². The summed E-state index contributed by atoms with van der Waals surface area (Å²) in [6.45, 7) is 0. The Balaban J connectivity index is -0.00000000214. The maximum atomic E-state index is 8.33. The van der Waals surface area contributed by atoms with Crippen LogP contribution in [0.4, 0.5) is 4.79 Å². The van der Waals surface area contributed by atoms with Crippen molar-refractivity contribution in [2.75, 3.05) is 0 Å². The SMILES string of the molecule is O.O.O.O=C([O-])[O-].[Mg+2].[Mg+2].[OH-].[OH-]. The molecule has 10 heteroatoms. The van der Waals surface area contributed by atoms with Gasteiger partial charge < -0.3 is 42.4 Å². The molecule has 0 aromatic carbocycles. The van der Waals surface area contributed by atoms with Gasteiger partial charge in [-0.2, -0.15) is 0 Å². The molecular formula is CH8Mg2O8. The summed E-state index contributed by atoms with van der Waals surface area (Å²) < 4.78 is 0. The van der Waals surface area contributed by atoms with Gasteiger partial charge in [-0.1, -0.05) is 0 Å². The molecular weight excluding hydrogens is 189 g/mol. The van der Waals surface area contributed by atoms with Crippen molar-refractivity contribution in [3.63, 3.8) is 0 Å². The van der Waals surface area contributed by atoms with Crippen LogP contribution in [0, 0.1) is 0 Å². The van der Waals surface area contributed by atoms with Crippen LogP contribution in [0.3, 0.4) is 0 Å². The van der Waals surface area contributed by atoms with E-state index < -0.39 is 6.16 Å². The minimum atomic E-state index is -2.33. The third kappa shape index (κ3) is 2160. The topological polar surface area (TPSA) is 218 Å². The van der Waals surface area contributed by atoms with Crippen molar-refractivity contribution < 1.29 is 42.4 Å². The molecule has 0 unspecified atom stereocenters. The predicted molar refractivity (Wildman–Crippen MR) is 31.6 cm³/mol. The van der Waals surface area contributed by atoms with Crippen LogP contribution in [-0.2, 0) is 0 Å². The molecule has 0 bridgehead atoms. The van der Waals surface area contributed by atoms with E-state index in [1.807, 2.05) is 0 Å². The number of carbonyl (C=O) groups excluding carboxylic acids is 1. The van der Waals surface area contributed by atoms with E-state index in [0.717, 1.165) is 0 Å². The first kappa shape index (κ1) is 100. The quantitative estimate of drug-likeness (QED) is 0.344. The first-order valence-corrected chi connectivity index (χ1v) is 0.612. The Morgan fingerprint density at radius 2 is 0.818 bits per heavy atom. The number of rotatable bonds is 0. The van der Waals surface area contributed by atoms with Gasteiger partial charge in [0.2, 0.25) is 0 Å². The molecule has 64 valence electrons. The maximum Gasteiger partial charge on any atom is 2.00 e. The van der Waals surface area contributed by atoms with Gasteiger partial charge in [0.15, 0.2) is 0 Å². The van der Waals surface area contributed by atoms with Crippen LogP contribution < -0.4 is 10.2 Å². The molecule has 8 N–H and O–H groups in total. The van der Waals surface area contributed by atoms with Crippen molar-refractivity contribution in [2.24, 2.45) is 0 Å². The molecule has 0 heterocycles. The summed E-state index contributed by atoms with van der Waals surface area (Å²) in [6.07, 6.45) is -2.33.